The van der Waals surface area contributed by atoms with Crippen LogP contribution in [0.25, 0.3) is 16.8 Å². The fourth-order valence-corrected chi connectivity index (χ4v) is 6.97. The first-order chi connectivity index (χ1) is 15.7. The van der Waals surface area contributed by atoms with Gasteiger partial charge in [0.15, 0.2) is 0 Å². The molecule has 1 saturated heterocycles. The molecule has 2 N–H and O–H groups in total. The van der Waals surface area contributed by atoms with E-state index < -0.39 is 15.6 Å². The van der Waals surface area contributed by atoms with Crippen LogP contribution in [0.4, 0.5) is 10.7 Å². The van der Waals surface area contributed by atoms with E-state index in [0.717, 1.165) is 34.8 Å². The molecule has 1 fully saturated rings. The zero-order chi connectivity index (χ0) is 23.2. The van der Waals surface area contributed by atoms with Crippen LogP contribution in [0.15, 0.2) is 64.9 Å². The number of hydrogen-bond donors (Lipinski definition) is 2. The molecule has 0 saturated carbocycles. The zero-order valence-electron chi connectivity index (χ0n) is 18.6. The van der Waals surface area contributed by atoms with Crippen LogP contribution in [-0.4, -0.2) is 27.0 Å². The van der Waals surface area contributed by atoms with Crippen molar-refractivity contribution in [1.82, 2.24) is 4.72 Å². The van der Waals surface area contributed by atoms with Crippen molar-refractivity contribution in [2.75, 3.05) is 23.3 Å². The Morgan fingerprint density at radius 1 is 1.09 bits per heavy atom. The molecule has 5 nitrogen and oxygen atoms in total. The predicted octanol–water partition coefficient (Wildman–Crippen LogP) is 6.19. The van der Waals surface area contributed by atoms with E-state index in [2.05, 4.69) is 44.6 Å². The molecule has 2 aliphatic heterocycles. The van der Waals surface area contributed by atoms with Crippen LogP contribution in [0, 0.1) is 0 Å². The first-order valence-corrected chi connectivity index (χ1v) is 13.7. The van der Waals surface area contributed by atoms with E-state index in [1.165, 1.54) is 24.6 Å². The van der Waals surface area contributed by atoms with Crippen molar-refractivity contribution in [2.24, 2.45) is 0 Å². The maximum absolute atomic E-state index is 13.2. The minimum absolute atomic E-state index is 0.140. The van der Waals surface area contributed by atoms with Gasteiger partial charge in [-0.1, -0.05) is 29.8 Å². The second-order valence-corrected chi connectivity index (χ2v) is 12.1. The summed E-state index contributed by atoms with van der Waals surface area (Å²) in [4.78, 5) is 2.55. The van der Waals surface area contributed by atoms with Crippen LogP contribution < -0.4 is 14.9 Å². The second kappa shape index (κ2) is 8.38. The van der Waals surface area contributed by atoms with Crippen molar-refractivity contribution >= 4 is 49.3 Å². The summed E-state index contributed by atoms with van der Waals surface area (Å²) in [5.74, 6) is 0. The lowest BCUT2D eigenvalue weighted by molar-refractivity contribution is 0.591. The van der Waals surface area contributed by atoms with Gasteiger partial charge in [-0.25, -0.2) is 8.42 Å². The Labute approximate surface area is 204 Å². The highest BCUT2D eigenvalue weighted by Gasteiger charge is 2.31. The van der Waals surface area contributed by atoms with Gasteiger partial charge < -0.3 is 10.2 Å². The highest BCUT2D eigenvalue weighted by atomic mass is 35.5. The molecule has 1 aromatic heterocycles. The van der Waals surface area contributed by atoms with Crippen molar-refractivity contribution in [3.8, 4) is 11.1 Å². The first-order valence-electron chi connectivity index (χ1n) is 11.0. The number of nitrogens with one attached hydrogen (secondary N) is 2. The number of anilines is 2. The van der Waals surface area contributed by atoms with E-state index in [9.17, 15) is 8.42 Å². The Bertz CT molecular complexity index is 1340. The van der Waals surface area contributed by atoms with E-state index in [1.807, 2.05) is 19.9 Å². The van der Waals surface area contributed by atoms with Gasteiger partial charge in [0.1, 0.15) is 0 Å². The van der Waals surface area contributed by atoms with E-state index in [1.54, 1.807) is 29.5 Å². The fraction of sp³-hybridized carbons (Fsp3) is 0.280. The lowest BCUT2D eigenvalue weighted by atomic mass is 9.93. The zero-order valence-corrected chi connectivity index (χ0v) is 20.9. The van der Waals surface area contributed by atoms with Crippen molar-refractivity contribution < 1.29 is 8.42 Å². The summed E-state index contributed by atoms with van der Waals surface area (Å²) in [7, 11) is -3.81. The minimum Gasteiger partial charge on any atom is -0.372 e. The van der Waals surface area contributed by atoms with Gasteiger partial charge in [-0.05, 0) is 68.7 Å². The van der Waals surface area contributed by atoms with Crippen LogP contribution >= 0.6 is 22.9 Å². The highest BCUT2D eigenvalue weighted by Crippen LogP contribution is 2.45. The summed E-state index contributed by atoms with van der Waals surface area (Å²) >= 11 is 7.65. The SMILES string of the molecule is CC1(C)C=C(NS(=O)(=O)c2cccc(Cl)c2)c2c(-c3cccc(N4CCCC4)c3)csc2N1. The molecule has 0 radical (unpaired) electrons. The van der Waals surface area contributed by atoms with Crippen LogP contribution in [-0.2, 0) is 10.0 Å². The van der Waals surface area contributed by atoms with Crippen LogP contribution in [0.5, 0.6) is 0 Å². The van der Waals surface area contributed by atoms with Crippen LogP contribution in [0.1, 0.15) is 32.3 Å². The van der Waals surface area contributed by atoms with Gasteiger partial charge >= 0.3 is 0 Å². The highest BCUT2D eigenvalue weighted by molar-refractivity contribution is 7.89. The number of sulfonamides is 1. The number of nitrogens with zero attached hydrogens (tertiary/aromatic N) is 1. The number of rotatable bonds is 5. The smallest absolute Gasteiger partial charge is 0.261 e. The molecular formula is C25H26ClN3O2S2. The Morgan fingerprint density at radius 3 is 2.61 bits per heavy atom. The molecule has 3 heterocycles. The molecule has 0 unspecified atom stereocenters. The summed E-state index contributed by atoms with van der Waals surface area (Å²) in [6, 6.07) is 14.8. The predicted molar refractivity (Wildman–Crippen MR) is 139 cm³/mol. The third-order valence-electron chi connectivity index (χ3n) is 5.98. The molecule has 0 amide bonds. The first kappa shape index (κ1) is 22.3. The molecule has 5 rings (SSSR count). The Morgan fingerprint density at radius 2 is 1.85 bits per heavy atom. The number of thiophene rings is 1. The molecule has 2 aliphatic rings. The summed E-state index contributed by atoms with van der Waals surface area (Å²) in [5.41, 5.74) is 4.35. The minimum atomic E-state index is -3.81. The molecule has 0 atom stereocenters. The van der Waals surface area contributed by atoms with Gasteiger partial charge in [-0.2, -0.15) is 0 Å². The van der Waals surface area contributed by atoms with Gasteiger partial charge in [0.25, 0.3) is 10.0 Å². The second-order valence-electron chi connectivity index (χ2n) is 9.07. The quantitative estimate of drug-likeness (QED) is 0.439. The van der Waals surface area contributed by atoms with E-state index in [0.29, 0.717) is 10.7 Å². The average Bonchev–Trinajstić information content (AvgIpc) is 3.43. The molecule has 3 aromatic rings. The van der Waals surface area contributed by atoms with E-state index in [4.69, 9.17) is 11.6 Å². The van der Waals surface area contributed by atoms with Crippen LogP contribution in [0.3, 0.4) is 0 Å². The molecule has 0 bridgehead atoms. The lowest BCUT2D eigenvalue weighted by Crippen LogP contribution is -2.35. The van der Waals surface area contributed by atoms with Crippen molar-refractivity contribution in [3.63, 3.8) is 0 Å². The maximum Gasteiger partial charge on any atom is 0.261 e. The van der Waals surface area contributed by atoms with Gasteiger partial charge in [-0.15, -0.1) is 11.3 Å². The van der Waals surface area contributed by atoms with Crippen molar-refractivity contribution in [3.05, 3.63) is 70.6 Å². The molecular weight excluding hydrogens is 474 g/mol. The Balaban J connectivity index is 1.56. The van der Waals surface area contributed by atoms with E-state index in [-0.39, 0.29) is 4.90 Å². The standard InChI is InChI=1S/C25H26ClN3O2S2/c1-25(2)15-22(28-33(30,31)20-10-6-8-18(26)14-20)23-21(16-32-24(23)27-25)17-7-5-9-19(13-17)29-11-3-4-12-29/h5-10,13-16,27-28H,3-4,11-12H2,1-2H3. The van der Waals surface area contributed by atoms with E-state index >= 15 is 0 Å². The number of halogens is 1. The average molecular weight is 500 g/mol. The molecule has 8 heteroatoms. The Kier molecular flexibility index (Phi) is 5.67. The molecule has 0 aliphatic carbocycles. The van der Waals surface area contributed by atoms with Crippen LogP contribution in [0.2, 0.25) is 5.02 Å². The van der Waals surface area contributed by atoms with Gasteiger partial charge in [0.2, 0.25) is 0 Å². The monoisotopic (exact) mass is 499 g/mol. The molecule has 33 heavy (non-hydrogen) atoms. The third-order valence-corrected chi connectivity index (χ3v) is 8.47. The third kappa shape index (κ3) is 4.50. The summed E-state index contributed by atoms with van der Waals surface area (Å²) in [6.07, 6.45) is 4.38. The maximum atomic E-state index is 13.2. The lowest BCUT2D eigenvalue weighted by Gasteiger charge is -2.31. The van der Waals surface area contributed by atoms with Gasteiger partial charge in [-0.3, -0.25) is 4.72 Å². The molecule has 0 spiro atoms. The van der Waals surface area contributed by atoms with Crippen molar-refractivity contribution in [1.29, 1.82) is 0 Å². The summed E-state index contributed by atoms with van der Waals surface area (Å²) in [6.45, 7) is 6.20. The summed E-state index contributed by atoms with van der Waals surface area (Å²) in [5, 5.41) is 6.97. The normalized spacial score (nSPS) is 17.3. The molecule has 172 valence electrons. The topological polar surface area (TPSA) is 61.4 Å². The summed E-state index contributed by atoms with van der Waals surface area (Å²) < 4.78 is 29.3. The Hall–Kier alpha value is -2.48. The van der Waals surface area contributed by atoms with Crippen molar-refractivity contribution in [2.45, 2.75) is 37.1 Å². The fourth-order valence-electron chi connectivity index (χ4n) is 4.46. The molecule has 2 aromatic carbocycles. The van der Waals surface area contributed by atoms with Gasteiger partial charge in [0, 0.05) is 40.3 Å². The van der Waals surface area contributed by atoms with Gasteiger partial charge in [0.05, 0.1) is 21.1 Å². The number of benzene rings is 2. The number of hydrogen-bond acceptors (Lipinski definition) is 5. The number of fused-ring (bicyclic) bond motifs is 1. The largest absolute Gasteiger partial charge is 0.372 e.